The fraction of sp³-hybridized carbons (Fsp3) is 0.636. The lowest BCUT2D eigenvalue weighted by Crippen LogP contribution is -2.44. The third-order valence-corrected chi connectivity index (χ3v) is 6.39. The lowest BCUT2D eigenvalue weighted by molar-refractivity contribution is -0.162. The van der Waals surface area contributed by atoms with Crippen molar-refractivity contribution in [1.82, 2.24) is 4.90 Å². The van der Waals surface area contributed by atoms with Crippen LogP contribution in [0.2, 0.25) is 0 Å². The SMILES string of the molecule is COc1ccc([C@@]23CC/C(=C\OC(C)(C)OC)C[C@@H]2N(C)CC3)cc1OC. The molecule has 5 nitrogen and oxygen atoms in total. The van der Waals surface area contributed by atoms with Gasteiger partial charge in [0.05, 0.1) is 20.5 Å². The van der Waals surface area contributed by atoms with Gasteiger partial charge in [0, 0.05) is 32.4 Å². The zero-order valence-corrected chi connectivity index (χ0v) is 17.5. The Morgan fingerprint density at radius 1 is 1.11 bits per heavy atom. The van der Waals surface area contributed by atoms with Crippen LogP contribution in [0.4, 0.5) is 0 Å². The molecule has 0 bridgehead atoms. The Bertz CT molecular complexity index is 700. The van der Waals surface area contributed by atoms with Crippen LogP contribution in [0.3, 0.4) is 0 Å². The van der Waals surface area contributed by atoms with Gasteiger partial charge in [0.25, 0.3) is 0 Å². The molecule has 5 heteroatoms. The molecule has 1 aromatic carbocycles. The maximum Gasteiger partial charge on any atom is 0.203 e. The summed E-state index contributed by atoms with van der Waals surface area (Å²) >= 11 is 0. The van der Waals surface area contributed by atoms with Crippen molar-refractivity contribution in [2.45, 2.75) is 56.8 Å². The van der Waals surface area contributed by atoms with Gasteiger partial charge in [-0.3, -0.25) is 0 Å². The van der Waals surface area contributed by atoms with Crippen molar-refractivity contribution >= 4 is 0 Å². The molecule has 1 heterocycles. The summed E-state index contributed by atoms with van der Waals surface area (Å²) in [6.45, 7) is 4.97. The van der Waals surface area contributed by atoms with Gasteiger partial charge in [-0.15, -0.1) is 0 Å². The van der Waals surface area contributed by atoms with Gasteiger partial charge in [0.15, 0.2) is 11.5 Å². The number of methoxy groups -OCH3 is 3. The molecule has 1 aromatic rings. The summed E-state index contributed by atoms with van der Waals surface area (Å²) < 4.78 is 22.2. The molecule has 0 amide bonds. The molecule has 1 aliphatic carbocycles. The molecule has 1 aliphatic heterocycles. The van der Waals surface area contributed by atoms with E-state index in [-0.39, 0.29) is 5.41 Å². The summed E-state index contributed by atoms with van der Waals surface area (Å²) in [5, 5.41) is 0. The summed E-state index contributed by atoms with van der Waals surface area (Å²) in [6.07, 6.45) is 6.26. The molecule has 1 saturated carbocycles. The van der Waals surface area contributed by atoms with E-state index in [4.69, 9.17) is 18.9 Å². The predicted octanol–water partition coefficient (Wildman–Crippen LogP) is 4.11. The molecule has 27 heavy (non-hydrogen) atoms. The average molecular weight is 376 g/mol. The third-order valence-electron chi connectivity index (χ3n) is 6.39. The molecule has 0 spiro atoms. The average Bonchev–Trinajstić information content (AvgIpc) is 3.03. The van der Waals surface area contributed by atoms with E-state index in [0.717, 1.165) is 37.3 Å². The topological polar surface area (TPSA) is 40.2 Å². The maximum atomic E-state index is 5.87. The molecule has 2 aliphatic rings. The van der Waals surface area contributed by atoms with E-state index in [9.17, 15) is 0 Å². The molecule has 1 saturated heterocycles. The molecule has 150 valence electrons. The van der Waals surface area contributed by atoms with E-state index in [2.05, 4.69) is 24.1 Å². The number of likely N-dealkylation sites (tertiary alicyclic amines) is 1. The first-order chi connectivity index (χ1) is 12.8. The molecular formula is C22H33NO4. The van der Waals surface area contributed by atoms with Gasteiger partial charge in [-0.2, -0.15) is 0 Å². The molecule has 0 unspecified atom stereocenters. The lowest BCUT2D eigenvalue weighted by atomic mass is 9.65. The van der Waals surface area contributed by atoms with Crippen molar-refractivity contribution in [1.29, 1.82) is 0 Å². The van der Waals surface area contributed by atoms with E-state index in [1.807, 2.05) is 26.2 Å². The first kappa shape index (κ1) is 20.0. The van der Waals surface area contributed by atoms with Gasteiger partial charge >= 0.3 is 0 Å². The van der Waals surface area contributed by atoms with Gasteiger partial charge in [-0.05, 0) is 62.5 Å². The van der Waals surface area contributed by atoms with Crippen molar-refractivity contribution < 1.29 is 18.9 Å². The van der Waals surface area contributed by atoms with Gasteiger partial charge in [-0.25, -0.2) is 0 Å². The van der Waals surface area contributed by atoms with E-state index in [0.29, 0.717) is 6.04 Å². The number of rotatable bonds is 6. The monoisotopic (exact) mass is 375 g/mol. The number of hydrogen-bond acceptors (Lipinski definition) is 5. The van der Waals surface area contributed by atoms with Crippen LogP contribution in [0, 0.1) is 0 Å². The highest BCUT2D eigenvalue weighted by molar-refractivity contribution is 5.47. The van der Waals surface area contributed by atoms with Crippen molar-refractivity contribution in [3.05, 3.63) is 35.6 Å². The quantitative estimate of drug-likeness (QED) is 0.553. The summed E-state index contributed by atoms with van der Waals surface area (Å²) in [5.41, 5.74) is 2.87. The second kappa shape index (κ2) is 7.72. The highest BCUT2D eigenvalue weighted by atomic mass is 16.7. The second-order valence-electron chi connectivity index (χ2n) is 8.17. The smallest absolute Gasteiger partial charge is 0.203 e. The third kappa shape index (κ3) is 3.81. The highest BCUT2D eigenvalue weighted by Gasteiger charge is 2.49. The normalized spacial score (nSPS) is 27.5. The van der Waals surface area contributed by atoms with Crippen molar-refractivity contribution in [2.24, 2.45) is 0 Å². The first-order valence-corrected chi connectivity index (χ1v) is 9.69. The molecule has 0 radical (unpaired) electrons. The Morgan fingerprint density at radius 3 is 2.52 bits per heavy atom. The Labute approximate surface area is 163 Å². The standard InChI is InChI=1S/C22H33NO4/c1-21(2,26-6)27-15-16-9-10-22(11-12-23(3)20(22)13-16)17-7-8-18(24-4)19(14-17)25-5/h7-8,14-15,20H,9-13H2,1-6H3/b16-15+/t20-,22-/m0/s1. The van der Waals surface area contributed by atoms with Crippen LogP contribution in [0.25, 0.3) is 0 Å². The number of fused-ring (bicyclic) bond motifs is 1. The van der Waals surface area contributed by atoms with Gasteiger partial charge in [0.1, 0.15) is 0 Å². The molecule has 3 rings (SSSR count). The van der Waals surface area contributed by atoms with E-state index >= 15 is 0 Å². The minimum Gasteiger partial charge on any atom is -0.493 e. The van der Waals surface area contributed by atoms with Crippen LogP contribution in [0.1, 0.15) is 45.1 Å². The Kier molecular flexibility index (Phi) is 5.73. The lowest BCUT2D eigenvalue weighted by Gasteiger charge is -2.43. The van der Waals surface area contributed by atoms with Crippen molar-refractivity contribution in [3.8, 4) is 11.5 Å². The Morgan fingerprint density at radius 2 is 1.85 bits per heavy atom. The molecule has 2 atom stereocenters. The molecule has 0 N–H and O–H groups in total. The van der Waals surface area contributed by atoms with Crippen LogP contribution in [-0.4, -0.2) is 51.7 Å². The first-order valence-electron chi connectivity index (χ1n) is 9.69. The highest BCUT2D eigenvalue weighted by Crippen LogP contribution is 2.51. The Balaban J connectivity index is 1.87. The van der Waals surface area contributed by atoms with Gasteiger partial charge < -0.3 is 23.8 Å². The Hall–Kier alpha value is -1.72. The van der Waals surface area contributed by atoms with Crippen molar-refractivity contribution in [2.75, 3.05) is 34.9 Å². The second-order valence-corrected chi connectivity index (χ2v) is 8.17. The van der Waals surface area contributed by atoms with Crippen LogP contribution in [0.5, 0.6) is 11.5 Å². The predicted molar refractivity (Wildman–Crippen MR) is 106 cm³/mol. The zero-order valence-electron chi connectivity index (χ0n) is 17.5. The summed E-state index contributed by atoms with van der Waals surface area (Å²) in [6, 6.07) is 6.88. The minimum absolute atomic E-state index is 0.155. The van der Waals surface area contributed by atoms with Crippen LogP contribution < -0.4 is 9.47 Å². The van der Waals surface area contributed by atoms with Crippen LogP contribution >= 0.6 is 0 Å². The van der Waals surface area contributed by atoms with E-state index in [1.165, 1.54) is 17.6 Å². The fourth-order valence-electron chi connectivity index (χ4n) is 4.50. The van der Waals surface area contributed by atoms with Crippen molar-refractivity contribution in [3.63, 3.8) is 0 Å². The van der Waals surface area contributed by atoms with Gasteiger partial charge in [0.2, 0.25) is 5.79 Å². The van der Waals surface area contributed by atoms with E-state index in [1.54, 1.807) is 21.3 Å². The fourth-order valence-corrected chi connectivity index (χ4v) is 4.50. The molecular weight excluding hydrogens is 342 g/mol. The molecule has 0 aromatic heterocycles. The number of hydrogen-bond donors (Lipinski definition) is 0. The summed E-state index contributed by atoms with van der Waals surface area (Å²) in [7, 11) is 7.29. The van der Waals surface area contributed by atoms with Crippen LogP contribution in [-0.2, 0) is 14.9 Å². The zero-order chi connectivity index (χ0) is 19.7. The van der Waals surface area contributed by atoms with Crippen LogP contribution in [0.15, 0.2) is 30.0 Å². The van der Waals surface area contributed by atoms with Gasteiger partial charge in [-0.1, -0.05) is 6.07 Å². The molecule has 2 fully saturated rings. The van der Waals surface area contributed by atoms with E-state index < -0.39 is 5.79 Å². The largest absolute Gasteiger partial charge is 0.493 e. The number of benzene rings is 1. The maximum absolute atomic E-state index is 5.87. The summed E-state index contributed by atoms with van der Waals surface area (Å²) in [5.74, 6) is 1.00. The number of ether oxygens (including phenoxy) is 4. The summed E-state index contributed by atoms with van der Waals surface area (Å²) in [4.78, 5) is 2.49. The minimum atomic E-state index is -0.591. The number of likely N-dealkylation sites (N-methyl/N-ethyl adjacent to an activating group) is 1. The number of nitrogens with zero attached hydrogens (tertiary/aromatic N) is 1.